The van der Waals surface area contributed by atoms with Gasteiger partial charge in [0.1, 0.15) is 17.2 Å². The maximum absolute atomic E-state index is 12.8. The van der Waals surface area contributed by atoms with Crippen LogP contribution in [-0.4, -0.2) is 32.9 Å². The van der Waals surface area contributed by atoms with Gasteiger partial charge in [0.2, 0.25) is 11.6 Å². The second kappa shape index (κ2) is 9.96. The second-order valence-corrected chi connectivity index (χ2v) is 7.38. The molecule has 0 amide bonds. The Balaban J connectivity index is 1.89. The van der Waals surface area contributed by atoms with E-state index in [2.05, 4.69) is 27.8 Å². The minimum Gasteiger partial charge on any atom is -0.497 e. The van der Waals surface area contributed by atoms with Crippen LogP contribution in [0.25, 0.3) is 0 Å². The predicted octanol–water partition coefficient (Wildman–Crippen LogP) is 4.94. The highest BCUT2D eigenvalue weighted by Gasteiger charge is 2.19. The van der Waals surface area contributed by atoms with Crippen molar-refractivity contribution in [2.24, 2.45) is 0 Å². The Kier molecular flexibility index (Phi) is 7.11. The smallest absolute Gasteiger partial charge is 0.233 e. The third-order valence-corrected chi connectivity index (χ3v) is 4.88. The molecule has 0 bridgehead atoms. The highest BCUT2D eigenvalue weighted by molar-refractivity contribution is 9.10. The van der Waals surface area contributed by atoms with Crippen LogP contribution in [0.15, 0.2) is 65.1 Å². The minimum absolute atomic E-state index is 0.253. The first kappa shape index (κ1) is 22.1. The fourth-order valence-electron chi connectivity index (χ4n) is 2.82. The first-order valence-electron chi connectivity index (χ1n) is 9.22. The normalized spacial score (nSPS) is 9.94. The van der Waals surface area contributed by atoms with E-state index < -0.39 is 11.6 Å². The van der Waals surface area contributed by atoms with Crippen molar-refractivity contribution in [1.29, 1.82) is 0 Å². The number of ether oxygens (including phenoxy) is 3. The molecule has 0 aliphatic carbocycles. The number of halogens is 1. The number of hydrogen-bond acceptors (Lipinski definition) is 5. The van der Waals surface area contributed by atoms with Gasteiger partial charge < -0.3 is 14.2 Å². The molecule has 6 heteroatoms. The average Bonchev–Trinajstić information content (AvgIpc) is 2.81. The number of hydrogen-bond donors (Lipinski definition) is 0. The summed E-state index contributed by atoms with van der Waals surface area (Å²) >= 11 is 3.39. The van der Waals surface area contributed by atoms with Gasteiger partial charge >= 0.3 is 0 Å². The van der Waals surface area contributed by atoms with Crippen LogP contribution in [0.3, 0.4) is 0 Å². The van der Waals surface area contributed by atoms with Crippen molar-refractivity contribution < 1.29 is 23.8 Å². The highest BCUT2D eigenvalue weighted by Crippen LogP contribution is 2.22. The van der Waals surface area contributed by atoms with Crippen LogP contribution in [0.4, 0.5) is 0 Å². The summed E-state index contributed by atoms with van der Waals surface area (Å²) < 4.78 is 16.2. The minimum atomic E-state index is -0.613. The fraction of sp³-hybridized carbons (Fsp3) is 0.120. The van der Waals surface area contributed by atoms with E-state index in [-0.39, 0.29) is 5.56 Å². The molecule has 0 saturated carbocycles. The summed E-state index contributed by atoms with van der Waals surface area (Å²) in [4.78, 5) is 25.4. The van der Waals surface area contributed by atoms with Crippen LogP contribution in [-0.2, 0) is 0 Å². The van der Waals surface area contributed by atoms with Crippen LogP contribution >= 0.6 is 15.9 Å². The molecular formula is C25H19BrO5. The lowest BCUT2D eigenvalue weighted by molar-refractivity contribution is 0.0817. The maximum atomic E-state index is 12.8. The van der Waals surface area contributed by atoms with Gasteiger partial charge in [-0.2, -0.15) is 0 Å². The number of benzene rings is 3. The molecule has 0 unspecified atom stereocenters. The van der Waals surface area contributed by atoms with Crippen molar-refractivity contribution in [2.45, 2.75) is 0 Å². The van der Waals surface area contributed by atoms with Crippen molar-refractivity contribution in [3.8, 4) is 29.1 Å². The third kappa shape index (κ3) is 5.53. The Morgan fingerprint density at radius 3 is 1.71 bits per heavy atom. The van der Waals surface area contributed by atoms with Crippen molar-refractivity contribution in [3.05, 3.63) is 87.4 Å². The van der Waals surface area contributed by atoms with Crippen molar-refractivity contribution in [3.63, 3.8) is 0 Å². The van der Waals surface area contributed by atoms with E-state index in [1.54, 1.807) is 74.9 Å². The average molecular weight is 479 g/mol. The summed E-state index contributed by atoms with van der Waals surface area (Å²) in [6.45, 7) is 0. The zero-order chi connectivity index (χ0) is 22.4. The molecule has 0 N–H and O–H groups in total. The van der Waals surface area contributed by atoms with E-state index >= 15 is 0 Å². The molecule has 0 heterocycles. The highest BCUT2D eigenvalue weighted by atomic mass is 79.9. The Morgan fingerprint density at radius 2 is 1.16 bits per heavy atom. The topological polar surface area (TPSA) is 61.8 Å². The molecule has 0 spiro atoms. The summed E-state index contributed by atoms with van der Waals surface area (Å²) in [7, 11) is 4.67. The lowest BCUT2D eigenvalue weighted by Gasteiger charge is -2.05. The van der Waals surface area contributed by atoms with Crippen LogP contribution in [0.5, 0.6) is 17.2 Å². The number of Topliss-reactive ketones (excluding diaryl/α,β-unsaturated/α-hetero) is 2. The van der Waals surface area contributed by atoms with E-state index in [1.165, 1.54) is 7.11 Å². The molecule has 3 aromatic carbocycles. The van der Waals surface area contributed by atoms with Crippen molar-refractivity contribution in [2.75, 3.05) is 21.3 Å². The van der Waals surface area contributed by atoms with Gasteiger partial charge in [0.15, 0.2) is 0 Å². The first-order valence-corrected chi connectivity index (χ1v) is 10.0. The van der Waals surface area contributed by atoms with Crippen LogP contribution in [0, 0.1) is 11.8 Å². The van der Waals surface area contributed by atoms with Crippen LogP contribution in [0.2, 0.25) is 0 Å². The van der Waals surface area contributed by atoms with Crippen LogP contribution < -0.4 is 14.2 Å². The molecule has 0 fully saturated rings. The van der Waals surface area contributed by atoms with E-state index in [0.717, 1.165) is 0 Å². The number of ketones is 2. The monoisotopic (exact) mass is 478 g/mol. The summed E-state index contributed by atoms with van der Waals surface area (Å²) in [6, 6.07) is 16.7. The maximum Gasteiger partial charge on any atom is 0.233 e. The van der Waals surface area contributed by atoms with Gasteiger partial charge in [0, 0.05) is 32.8 Å². The SMILES string of the molecule is COc1ccc(C(=O)C(=O)c2cc(Br)cc(C#Cc3cc(OC)cc(OC)c3)c2)cc1. The third-order valence-electron chi connectivity index (χ3n) is 4.42. The van der Waals surface area contributed by atoms with Crippen molar-refractivity contribution in [1.82, 2.24) is 0 Å². The Morgan fingerprint density at radius 1 is 0.645 bits per heavy atom. The van der Waals surface area contributed by atoms with Gasteiger partial charge in [-0.1, -0.05) is 27.8 Å². The standard InChI is InChI=1S/C25H19BrO5/c1-29-21-8-6-18(7-9-21)24(27)25(28)19-10-16(11-20(26)14-19)4-5-17-12-22(30-2)15-23(13-17)31-3/h6-15H,1-3H3. The lowest BCUT2D eigenvalue weighted by atomic mass is 10.00. The summed E-state index contributed by atoms with van der Waals surface area (Å²) in [6.07, 6.45) is 0. The van der Waals surface area contributed by atoms with Crippen molar-refractivity contribution >= 4 is 27.5 Å². The lowest BCUT2D eigenvalue weighted by Crippen LogP contribution is -2.14. The van der Waals surface area contributed by atoms with Gasteiger partial charge in [-0.25, -0.2) is 0 Å². The first-order chi connectivity index (χ1) is 14.9. The van der Waals surface area contributed by atoms with E-state index in [9.17, 15) is 9.59 Å². The molecule has 5 nitrogen and oxygen atoms in total. The number of methoxy groups -OCH3 is 3. The molecule has 0 aliphatic heterocycles. The van der Waals surface area contributed by atoms with Gasteiger partial charge in [-0.15, -0.1) is 0 Å². The Labute approximate surface area is 189 Å². The summed E-state index contributed by atoms with van der Waals surface area (Å²) in [5.41, 5.74) is 1.82. The molecule has 31 heavy (non-hydrogen) atoms. The van der Waals surface area contributed by atoms with E-state index in [0.29, 0.717) is 38.4 Å². The van der Waals surface area contributed by atoms with Gasteiger partial charge in [-0.3, -0.25) is 9.59 Å². The summed E-state index contributed by atoms with van der Waals surface area (Å²) in [5.74, 6) is 6.70. The van der Waals surface area contributed by atoms with Crippen LogP contribution in [0.1, 0.15) is 31.8 Å². The number of carbonyl (C=O) groups excluding carboxylic acids is 2. The largest absolute Gasteiger partial charge is 0.497 e. The molecule has 3 aromatic rings. The van der Waals surface area contributed by atoms with Gasteiger partial charge in [0.05, 0.1) is 21.3 Å². The molecular weight excluding hydrogens is 460 g/mol. The molecule has 0 radical (unpaired) electrons. The Bertz CT molecular complexity index is 1160. The molecule has 156 valence electrons. The molecule has 0 aromatic heterocycles. The fourth-order valence-corrected chi connectivity index (χ4v) is 3.31. The van der Waals surface area contributed by atoms with E-state index in [1.807, 2.05) is 0 Å². The quantitative estimate of drug-likeness (QED) is 0.285. The zero-order valence-electron chi connectivity index (χ0n) is 17.2. The number of carbonyl (C=O) groups is 2. The summed E-state index contributed by atoms with van der Waals surface area (Å²) in [5, 5.41) is 0. The molecule has 3 rings (SSSR count). The van der Waals surface area contributed by atoms with E-state index in [4.69, 9.17) is 14.2 Å². The van der Waals surface area contributed by atoms with Gasteiger partial charge in [0.25, 0.3) is 0 Å². The molecule has 0 aliphatic rings. The van der Waals surface area contributed by atoms with Gasteiger partial charge in [-0.05, 0) is 54.6 Å². The predicted molar refractivity (Wildman–Crippen MR) is 121 cm³/mol. The molecule has 0 atom stereocenters. The Hall–Kier alpha value is -3.56. The zero-order valence-corrected chi connectivity index (χ0v) is 18.8. The molecule has 0 saturated heterocycles. The number of rotatable bonds is 6. The second-order valence-electron chi connectivity index (χ2n) is 6.47.